The number of ether oxygens (including phenoxy) is 2. The summed E-state index contributed by atoms with van der Waals surface area (Å²) in [5.41, 5.74) is 5.41. The van der Waals surface area contributed by atoms with Gasteiger partial charge in [-0.05, 0) is 89.9 Å². The first-order valence-electron chi connectivity index (χ1n) is 37.1. The Labute approximate surface area is 538 Å². The van der Waals surface area contributed by atoms with Gasteiger partial charge in [-0.25, -0.2) is 4.57 Å². The van der Waals surface area contributed by atoms with Crippen LogP contribution in [0.2, 0.25) is 0 Å². The number of unbranched alkanes of at least 4 members (excludes halogenated alkanes) is 43. The van der Waals surface area contributed by atoms with Gasteiger partial charge in [0.15, 0.2) is 6.10 Å². The molecule has 0 spiro atoms. The van der Waals surface area contributed by atoms with Crippen LogP contribution in [0.1, 0.15) is 361 Å². The SMILES string of the molecule is CC/C=C\C/C=C\C/C=C\C/C=C\CCCCCCCCCCCCCCCCCCCCCCCCCCCCCCC(=O)OC(COC(=O)CCCCCCCCCCCC/C=C\C/C=C\C/C=C\CCCCCCC)COP(=O)(O)OCCN. The molecule has 0 saturated heterocycles. The Balaban J connectivity index is 3.78. The molecule has 0 amide bonds. The van der Waals surface area contributed by atoms with E-state index in [4.69, 9.17) is 24.3 Å². The fourth-order valence-electron chi connectivity index (χ4n) is 10.8. The van der Waals surface area contributed by atoms with Crippen LogP contribution in [0.25, 0.3) is 0 Å². The predicted octanol–water partition coefficient (Wildman–Crippen LogP) is 24.5. The van der Waals surface area contributed by atoms with Crippen molar-refractivity contribution in [1.29, 1.82) is 0 Å². The van der Waals surface area contributed by atoms with E-state index in [1.807, 2.05) is 0 Å². The van der Waals surface area contributed by atoms with Crippen molar-refractivity contribution in [2.75, 3.05) is 26.4 Å². The van der Waals surface area contributed by atoms with Crippen molar-refractivity contribution in [3.8, 4) is 0 Å². The Morgan fingerprint density at radius 1 is 0.356 bits per heavy atom. The van der Waals surface area contributed by atoms with E-state index in [-0.39, 0.29) is 38.6 Å². The van der Waals surface area contributed by atoms with E-state index in [1.165, 1.54) is 257 Å². The molecule has 0 radical (unpaired) electrons. The van der Waals surface area contributed by atoms with Crippen molar-refractivity contribution in [2.24, 2.45) is 5.73 Å². The van der Waals surface area contributed by atoms with Crippen LogP contribution in [-0.2, 0) is 32.7 Å². The molecule has 0 bridgehead atoms. The van der Waals surface area contributed by atoms with E-state index in [0.29, 0.717) is 6.42 Å². The minimum absolute atomic E-state index is 0.0525. The van der Waals surface area contributed by atoms with Gasteiger partial charge in [0, 0.05) is 19.4 Å². The highest BCUT2D eigenvalue weighted by Gasteiger charge is 2.26. The standard InChI is InChI=1S/C77H140NO8P/c1-3-5-7-9-11-13-15-17-19-21-23-25-27-29-30-31-32-33-34-35-36-37-38-39-40-41-42-43-44-46-48-50-52-54-56-58-60-62-64-66-68-70-77(80)86-75(74-85-87(81,82)84-72-71-78)73-83-76(79)69-67-65-63-61-59-57-55-53-51-49-47-45-28-26-24-22-20-18-16-14-12-10-8-6-4-2/h5,7,11,13,16-19,22-25,28,45,75H,3-4,6,8-10,12,14-15,20-21,26-27,29-44,46-74,78H2,1-2H3,(H,81,82)/b7-5-,13-11-,18-16-,19-17-,24-22-,25-23-,45-28-. The summed E-state index contributed by atoms with van der Waals surface area (Å²) in [6.45, 7) is 3.66. The quantitative estimate of drug-likeness (QED) is 0.0264. The van der Waals surface area contributed by atoms with E-state index in [2.05, 4.69) is 98.9 Å². The molecule has 0 aromatic rings. The molecule has 3 N–H and O–H groups in total. The van der Waals surface area contributed by atoms with Crippen molar-refractivity contribution >= 4 is 19.8 Å². The first kappa shape index (κ1) is 84.2. The Hall–Kier alpha value is -2.81. The summed E-state index contributed by atoms with van der Waals surface area (Å²) in [6.07, 6.45) is 97.0. The third-order valence-electron chi connectivity index (χ3n) is 16.3. The summed E-state index contributed by atoms with van der Waals surface area (Å²) in [5, 5.41) is 0. The molecule has 10 heteroatoms. The molecule has 87 heavy (non-hydrogen) atoms. The number of carbonyl (C=O) groups excluding carboxylic acids is 2. The van der Waals surface area contributed by atoms with Crippen molar-refractivity contribution in [3.63, 3.8) is 0 Å². The third kappa shape index (κ3) is 72.1. The minimum atomic E-state index is -4.40. The molecule has 506 valence electrons. The first-order valence-corrected chi connectivity index (χ1v) is 38.6. The molecular formula is C77H140NO8P. The van der Waals surface area contributed by atoms with Crippen LogP contribution in [0.5, 0.6) is 0 Å². The summed E-state index contributed by atoms with van der Waals surface area (Å²) in [4.78, 5) is 35.4. The zero-order valence-electron chi connectivity index (χ0n) is 57.0. The average molecular weight is 1240 g/mol. The van der Waals surface area contributed by atoms with Crippen LogP contribution >= 0.6 is 7.82 Å². The lowest BCUT2D eigenvalue weighted by molar-refractivity contribution is -0.161. The van der Waals surface area contributed by atoms with Crippen LogP contribution < -0.4 is 5.73 Å². The Morgan fingerprint density at radius 3 is 0.943 bits per heavy atom. The number of hydrogen-bond acceptors (Lipinski definition) is 8. The molecule has 0 aliphatic rings. The molecule has 0 rings (SSSR count). The number of nitrogens with two attached hydrogens (primary N) is 1. The van der Waals surface area contributed by atoms with Gasteiger partial charge in [-0.3, -0.25) is 18.6 Å². The van der Waals surface area contributed by atoms with Gasteiger partial charge >= 0.3 is 19.8 Å². The molecule has 0 saturated carbocycles. The second-order valence-electron chi connectivity index (χ2n) is 24.8. The van der Waals surface area contributed by atoms with Crippen LogP contribution in [-0.4, -0.2) is 49.3 Å². The number of hydrogen-bond donors (Lipinski definition) is 2. The molecule has 0 aliphatic carbocycles. The first-order chi connectivity index (χ1) is 42.8. The van der Waals surface area contributed by atoms with Gasteiger partial charge in [-0.15, -0.1) is 0 Å². The zero-order valence-corrected chi connectivity index (χ0v) is 57.9. The second-order valence-corrected chi connectivity index (χ2v) is 26.2. The molecule has 0 aromatic carbocycles. The normalized spacial score (nSPS) is 13.4. The molecular weight excluding hydrogens is 1100 g/mol. The number of esters is 2. The highest BCUT2D eigenvalue weighted by Crippen LogP contribution is 2.43. The summed E-state index contributed by atoms with van der Waals surface area (Å²) in [6, 6.07) is 0. The lowest BCUT2D eigenvalue weighted by atomic mass is 10.0. The molecule has 0 heterocycles. The predicted molar refractivity (Wildman–Crippen MR) is 376 cm³/mol. The number of phosphoric ester groups is 1. The fourth-order valence-corrected chi connectivity index (χ4v) is 11.6. The highest BCUT2D eigenvalue weighted by molar-refractivity contribution is 7.47. The largest absolute Gasteiger partial charge is 0.472 e. The Bertz CT molecular complexity index is 1700. The van der Waals surface area contributed by atoms with Crippen molar-refractivity contribution in [3.05, 3.63) is 85.1 Å². The van der Waals surface area contributed by atoms with E-state index in [9.17, 15) is 19.0 Å². The van der Waals surface area contributed by atoms with E-state index in [0.717, 1.165) is 70.6 Å². The lowest BCUT2D eigenvalue weighted by Gasteiger charge is -2.19. The summed E-state index contributed by atoms with van der Waals surface area (Å²) in [7, 11) is -4.40. The second kappa shape index (κ2) is 72.3. The van der Waals surface area contributed by atoms with Gasteiger partial charge in [0.05, 0.1) is 13.2 Å². The van der Waals surface area contributed by atoms with Crippen LogP contribution in [0.4, 0.5) is 0 Å². The van der Waals surface area contributed by atoms with Crippen LogP contribution in [0.3, 0.4) is 0 Å². The number of allylic oxidation sites excluding steroid dienone is 14. The maximum atomic E-state index is 12.8. The summed E-state index contributed by atoms with van der Waals surface area (Å²) >= 11 is 0. The van der Waals surface area contributed by atoms with E-state index in [1.54, 1.807) is 0 Å². The van der Waals surface area contributed by atoms with E-state index >= 15 is 0 Å². The molecule has 0 aromatic heterocycles. The highest BCUT2D eigenvalue weighted by atomic mass is 31.2. The fraction of sp³-hybridized carbons (Fsp3) is 0.792. The van der Waals surface area contributed by atoms with Gasteiger partial charge in [0.2, 0.25) is 0 Å². The van der Waals surface area contributed by atoms with Crippen molar-refractivity contribution in [1.82, 2.24) is 0 Å². The monoisotopic (exact) mass is 1240 g/mol. The summed E-state index contributed by atoms with van der Waals surface area (Å²) in [5.74, 6) is -0.817. The topological polar surface area (TPSA) is 134 Å². The van der Waals surface area contributed by atoms with Gasteiger partial charge < -0.3 is 20.1 Å². The molecule has 9 nitrogen and oxygen atoms in total. The average Bonchev–Trinajstić information content (AvgIpc) is 3.65. The number of rotatable bonds is 70. The maximum Gasteiger partial charge on any atom is 0.472 e. The van der Waals surface area contributed by atoms with Crippen LogP contribution in [0.15, 0.2) is 85.1 Å². The molecule has 0 fully saturated rings. The number of carbonyl (C=O) groups is 2. The van der Waals surface area contributed by atoms with Crippen molar-refractivity contribution in [2.45, 2.75) is 367 Å². The van der Waals surface area contributed by atoms with Gasteiger partial charge in [0.25, 0.3) is 0 Å². The smallest absolute Gasteiger partial charge is 0.462 e. The Morgan fingerprint density at radius 2 is 0.632 bits per heavy atom. The van der Waals surface area contributed by atoms with Gasteiger partial charge in [-0.1, -0.05) is 343 Å². The van der Waals surface area contributed by atoms with Gasteiger partial charge in [-0.2, -0.15) is 0 Å². The Kier molecular flexibility index (Phi) is 69.9. The molecule has 2 unspecified atom stereocenters. The molecule has 0 aliphatic heterocycles. The van der Waals surface area contributed by atoms with E-state index < -0.39 is 26.5 Å². The minimum Gasteiger partial charge on any atom is -0.462 e. The molecule has 2 atom stereocenters. The number of phosphoric acid groups is 1. The van der Waals surface area contributed by atoms with Crippen molar-refractivity contribution < 1.29 is 37.6 Å². The zero-order chi connectivity index (χ0) is 63.0. The van der Waals surface area contributed by atoms with Crippen LogP contribution in [0, 0.1) is 0 Å². The maximum absolute atomic E-state index is 12.8. The lowest BCUT2D eigenvalue weighted by Crippen LogP contribution is -2.29. The van der Waals surface area contributed by atoms with Gasteiger partial charge in [0.1, 0.15) is 6.61 Å². The third-order valence-corrected chi connectivity index (χ3v) is 17.2. The summed E-state index contributed by atoms with van der Waals surface area (Å²) < 4.78 is 33.2.